The van der Waals surface area contributed by atoms with Crippen LogP contribution in [0.25, 0.3) is 0 Å². The molecular formula is C18H25N3O2. The molecule has 1 aromatic heterocycles. The first-order valence-corrected chi connectivity index (χ1v) is 8.01. The van der Waals surface area contributed by atoms with E-state index in [-0.39, 0.29) is 11.9 Å². The molecule has 1 amide bonds. The summed E-state index contributed by atoms with van der Waals surface area (Å²) in [5.74, 6) is 0.832. The molecule has 1 N–H and O–H groups in total. The third kappa shape index (κ3) is 4.58. The minimum atomic E-state index is 0.0105. The number of amides is 1. The van der Waals surface area contributed by atoms with E-state index in [9.17, 15) is 4.79 Å². The zero-order valence-electron chi connectivity index (χ0n) is 14.3. The summed E-state index contributed by atoms with van der Waals surface area (Å²) in [5.41, 5.74) is 3.03. The van der Waals surface area contributed by atoms with Crippen LogP contribution in [0, 0.1) is 13.8 Å². The molecule has 23 heavy (non-hydrogen) atoms. The highest BCUT2D eigenvalue weighted by molar-refractivity contribution is 5.76. The lowest BCUT2D eigenvalue weighted by molar-refractivity contribution is -0.122. The van der Waals surface area contributed by atoms with Crippen molar-refractivity contribution in [1.82, 2.24) is 15.1 Å². The quantitative estimate of drug-likeness (QED) is 0.854. The van der Waals surface area contributed by atoms with Gasteiger partial charge in [-0.25, -0.2) is 0 Å². The second-order valence-corrected chi connectivity index (χ2v) is 5.74. The Bertz CT molecular complexity index is 664. The number of aromatic nitrogens is 2. The molecule has 5 nitrogen and oxygen atoms in total. The highest BCUT2D eigenvalue weighted by Crippen LogP contribution is 2.18. The van der Waals surface area contributed by atoms with Crippen LogP contribution in [0.4, 0.5) is 0 Å². The number of hydrogen-bond donors (Lipinski definition) is 1. The molecule has 1 aromatic carbocycles. The molecule has 1 atom stereocenters. The Kier molecular flexibility index (Phi) is 5.79. The first-order chi connectivity index (χ1) is 11.0. The van der Waals surface area contributed by atoms with Crippen molar-refractivity contribution >= 4 is 5.91 Å². The van der Waals surface area contributed by atoms with Crippen molar-refractivity contribution in [3.8, 4) is 5.75 Å². The summed E-state index contributed by atoms with van der Waals surface area (Å²) in [5, 5.41) is 7.40. The van der Waals surface area contributed by atoms with Crippen LogP contribution < -0.4 is 10.1 Å². The summed E-state index contributed by atoms with van der Waals surface area (Å²) in [6.45, 7) is 9.01. The summed E-state index contributed by atoms with van der Waals surface area (Å²) in [7, 11) is 0. The third-order valence-electron chi connectivity index (χ3n) is 3.69. The standard InChI is InChI=1S/C18H25N3O2/c1-5-23-17-9-7-6-8-16(17)12-19-18(22)11-15(4)21-14(3)10-13(2)20-21/h6-10,15H,5,11-12H2,1-4H3,(H,19,22)/t15-/m0/s1. The molecule has 124 valence electrons. The molecule has 2 rings (SSSR count). The predicted molar refractivity (Wildman–Crippen MR) is 90.5 cm³/mol. The molecule has 0 bridgehead atoms. The van der Waals surface area contributed by atoms with E-state index in [0.29, 0.717) is 19.6 Å². The molecule has 0 unspecified atom stereocenters. The normalized spacial score (nSPS) is 12.0. The molecule has 0 fully saturated rings. The number of nitrogens with one attached hydrogen (secondary N) is 1. The van der Waals surface area contributed by atoms with Crippen molar-refractivity contribution in [3.63, 3.8) is 0 Å². The minimum absolute atomic E-state index is 0.0105. The second-order valence-electron chi connectivity index (χ2n) is 5.74. The van der Waals surface area contributed by atoms with Gasteiger partial charge in [0.05, 0.1) is 18.3 Å². The van der Waals surface area contributed by atoms with Crippen molar-refractivity contribution in [2.24, 2.45) is 0 Å². The van der Waals surface area contributed by atoms with E-state index in [4.69, 9.17) is 4.74 Å². The fourth-order valence-electron chi connectivity index (χ4n) is 2.66. The van der Waals surface area contributed by atoms with E-state index in [1.54, 1.807) is 0 Å². The van der Waals surface area contributed by atoms with E-state index >= 15 is 0 Å². The Balaban J connectivity index is 1.91. The Morgan fingerprint density at radius 1 is 1.35 bits per heavy atom. The number of carbonyl (C=O) groups is 1. The van der Waals surface area contributed by atoms with Gasteiger partial charge >= 0.3 is 0 Å². The average Bonchev–Trinajstić information content (AvgIpc) is 2.85. The van der Waals surface area contributed by atoms with Crippen molar-refractivity contribution in [2.45, 2.75) is 46.7 Å². The molecule has 0 aliphatic heterocycles. The number of para-hydroxylation sites is 1. The van der Waals surface area contributed by atoms with Crippen molar-refractivity contribution in [1.29, 1.82) is 0 Å². The fraction of sp³-hybridized carbons (Fsp3) is 0.444. The monoisotopic (exact) mass is 315 g/mol. The summed E-state index contributed by atoms with van der Waals surface area (Å²) >= 11 is 0. The number of aryl methyl sites for hydroxylation is 2. The Hall–Kier alpha value is -2.30. The molecular weight excluding hydrogens is 290 g/mol. The van der Waals surface area contributed by atoms with E-state index in [1.807, 2.05) is 62.7 Å². The minimum Gasteiger partial charge on any atom is -0.494 e. The molecule has 0 aliphatic carbocycles. The van der Waals surface area contributed by atoms with Gasteiger partial charge < -0.3 is 10.1 Å². The highest BCUT2D eigenvalue weighted by Gasteiger charge is 2.14. The van der Waals surface area contributed by atoms with Crippen LogP contribution in [-0.2, 0) is 11.3 Å². The first kappa shape index (κ1) is 17.1. The smallest absolute Gasteiger partial charge is 0.222 e. The molecule has 2 aromatic rings. The van der Waals surface area contributed by atoms with Crippen LogP contribution in [0.3, 0.4) is 0 Å². The van der Waals surface area contributed by atoms with Gasteiger partial charge in [0.15, 0.2) is 0 Å². The summed E-state index contributed by atoms with van der Waals surface area (Å²) in [4.78, 5) is 12.2. The van der Waals surface area contributed by atoms with E-state index < -0.39 is 0 Å². The maximum Gasteiger partial charge on any atom is 0.222 e. The summed E-state index contributed by atoms with van der Waals surface area (Å²) in [6.07, 6.45) is 0.402. The summed E-state index contributed by atoms with van der Waals surface area (Å²) < 4.78 is 7.48. The Morgan fingerprint density at radius 2 is 2.09 bits per heavy atom. The lowest BCUT2D eigenvalue weighted by Gasteiger charge is -2.15. The van der Waals surface area contributed by atoms with Crippen molar-refractivity contribution < 1.29 is 9.53 Å². The van der Waals surface area contributed by atoms with Crippen LogP contribution in [-0.4, -0.2) is 22.3 Å². The highest BCUT2D eigenvalue weighted by atomic mass is 16.5. The number of benzene rings is 1. The number of rotatable bonds is 7. The SMILES string of the molecule is CCOc1ccccc1CNC(=O)C[C@H](C)n1nc(C)cc1C. The van der Waals surface area contributed by atoms with Gasteiger partial charge in [-0.2, -0.15) is 5.10 Å². The van der Waals surface area contributed by atoms with Gasteiger partial charge in [0, 0.05) is 24.2 Å². The Morgan fingerprint density at radius 3 is 2.74 bits per heavy atom. The molecule has 0 radical (unpaired) electrons. The number of nitrogens with zero attached hydrogens (tertiary/aromatic N) is 2. The molecule has 0 aliphatic rings. The second kappa shape index (κ2) is 7.81. The van der Waals surface area contributed by atoms with Crippen LogP contribution in [0.1, 0.15) is 43.3 Å². The number of ether oxygens (including phenoxy) is 1. The van der Waals surface area contributed by atoms with Gasteiger partial charge in [-0.1, -0.05) is 18.2 Å². The maximum absolute atomic E-state index is 12.2. The van der Waals surface area contributed by atoms with Crippen LogP contribution >= 0.6 is 0 Å². The van der Waals surface area contributed by atoms with Gasteiger partial charge in [0.25, 0.3) is 0 Å². The zero-order chi connectivity index (χ0) is 16.8. The molecule has 1 heterocycles. The summed E-state index contributed by atoms with van der Waals surface area (Å²) in [6, 6.07) is 9.82. The zero-order valence-corrected chi connectivity index (χ0v) is 14.3. The largest absolute Gasteiger partial charge is 0.494 e. The third-order valence-corrected chi connectivity index (χ3v) is 3.69. The first-order valence-electron chi connectivity index (χ1n) is 8.01. The van der Waals surface area contributed by atoms with Crippen LogP contribution in [0.5, 0.6) is 5.75 Å². The van der Waals surface area contributed by atoms with Gasteiger partial charge in [-0.3, -0.25) is 9.48 Å². The van der Waals surface area contributed by atoms with Crippen LogP contribution in [0.2, 0.25) is 0 Å². The van der Waals surface area contributed by atoms with Gasteiger partial charge in [-0.15, -0.1) is 0 Å². The number of carbonyl (C=O) groups excluding carboxylic acids is 1. The molecule has 0 saturated carbocycles. The van der Waals surface area contributed by atoms with Crippen molar-refractivity contribution in [3.05, 3.63) is 47.3 Å². The number of hydrogen-bond acceptors (Lipinski definition) is 3. The van der Waals surface area contributed by atoms with E-state index in [2.05, 4.69) is 10.4 Å². The van der Waals surface area contributed by atoms with Gasteiger partial charge in [-0.05, 0) is 39.8 Å². The average molecular weight is 315 g/mol. The lowest BCUT2D eigenvalue weighted by atomic mass is 10.2. The van der Waals surface area contributed by atoms with E-state index in [0.717, 1.165) is 22.7 Å². The Labute approximate surface area is 137 Å². The van der Waals surface area contributed by atoms with E-state index in [1.165, 1.54) is 0 Å². The maximum atomic E-state index is 12.2. The van der Waals surface area contributed by atoms with Crippen molar-refractivity contribution in [2.75, 3.05) is 6.61 Å². The fourth-order valence-corrected chi connectivity index (χ4v) is 2.66. The predicted octanol–water partition coefficient (Wildman–Crippen LogP) is 3.17. The van der Waals surface area contributed by atoms with Crippen LogP contribution in [0.15, 0.2) is 30.3 Å². The topological polar surface area (TPSA) is 56.1 Å². The molecule has 5 heteroatoms. The molecule has 0 spiro atoms. The lowest BCUT2D eigenvalue weighted by Crippen LogP contribution is -2.26. The van der Waals surface area contributed by atoms with Gasteiger partial charge in [0.2, 0.25) is 5.91 Å². The molecule has 0 saturated heterocycles. The van der Waals surface area contributed by atoms with Gasteiger partial charge in [0.1, 0.15) is 5.75 Å².